The number of carbonyl (C=O) groups excluding carboxylic acids is 1. The van der Waals surface area contributed by atoms with E-state index in [0.29, 0.717) is 22.1 Å². The van der Waals surface area contributed by atoms with Gasteiger partial charge in [-0.25, -0.2) is 4.98 Å². The van der Waals surface area contributed by atoms with Crippen LogP contribution in [0.1, 0.15) is 50.4 Å². The second-order valence-corrected chi connectivity index (χ2v) is 9.46. The summed E-state index contributed by atoms with van der Waals surface area (Å²) in [5.74, 6) is 1.08. The molecule has 1 amide bonds. The minimum atomic E-state index is -0.187. The molecular weight excluding hydrogens is 378 g/mol. The smallest absolute Gasteiger partial charge is 0.251 e. The van der Waals surface area contributed by atoms with Crippen molar-refractivity contribution >= 4 is 35.1 Å². The zero-order chi connectivity index (χ0) is 20.0. The molecule has 1 heterocycles. The topological polar surface area (TPSA) is 74.8 Å². The zero-order valence-electron chi connectivity index (χ0n) is 16.5. The quantitative estimate of drug-likeness (QED) is 0.497. The lowest BCUT2D eigenvalue weighted by molar-refractivity contribution is -0.113. The van der Waals surface area contributed by atoms with Crippen LogP contribution in [-0.2, 0) is 10.5 Å². The SMILES string of the molecule is Cc1cccc(C(C)C)c1NC(=O)CSc1nc(CSC(C)C)cc(=O)[nH]1. The molecule has 0 spiro atoms. The average Bonchev–Trinajstić information content (AvgIpc) is 2.59. The molecule has 0 bridgehead atoms. The summed E-state index contributed by atoms with van der Waals surface area (Å²) < 4.78 is 0. The van der Waals surface area contributed by atoms with Gasteiger partial charge in [-0.05, 0) is 29.2 Å². The molecule has 2 rings (SSSR count). The summed E-state index contributed by atoms with van der Waals surface area (Å²) in [7, 11) is 0. The van der Waals surface area contributed by atoms with Crippen LogP contribution in [-0.4, -0.2) is 26.9 Å². The lowest BCUT2D eigenvalue weighted by atomic mass is 9.98. The predicted molar refractivity (Wildman–Crippen MR) is 116 cm³/mol. The molecule has 0 unspecified atom stereocenters. The Balaban J connectivity index is 2.03. The molecular formula is C20H27N3O2S2. The molecule has 7 heteroatoms. The first-order valence-corrected chi connectivity index (χ1v) is 11.0. The van der Waals surface area contributed by atoms with Crippen molar-refractivity contribution in [2.75, 3.05) is 11.1 Å². The van der Waals surface area contributed by atoms with Gasteiger partial charge in [0.2, 0.25) is 5.91 Å². The number of para-hydroxylation sites is 1. The Morgan fingerprint density at radius 1 is 1.26 bits per heavy atom. The third kappa shape index (κ3) is 6.74. The Morgan fingerprint density at radius 2 is 2.00 bits per heavy atom. The minimum absolute atomic E-state index is 0.110. The fourth-order valence-corrected chi connectivity index (χ4v) is 3.88. The standard InChI is InChI=1S/C20H27N3O2S2/c1-12(2)16-8-6-7-14(5)19(16)22-18(25)11-27-20-21-15(9-17(24)23-20)10-26-13(3)4/h6-9,12-13H,10-11H2,1-5H3,(H,22,25)(H,21,23,24). The van der Waals surface area contributed by atoms with Crippen LogP contribution >= 0.6 is 23.5 Å². The maximum absolute atomic E-state index is 12.4. The second kappa shape index (κ2) is 9.99. The van der Waals surface area contributed by atoms with Gasteiger partial charge in [-0.1, -0.05) is 57.7 Å². The highest BCUT2D eigenvalue weighted by molar-refractivity contribution is 7.99. The second-order valence-electron chi connectivity index (χ2n) is 6.93. The molecule has 0 saturated heterocycles. The van der Waals surface area contributed by atoms with Gasteiger partial charge >= 0.3 is 0 Å². The van der Waals surface area contributed by atoms with Crippen molar-refractivity contribution in [1.82, 2.24) is 9.97 Å². The molecule has 0 radical (unpaired) electrons. The molecule has 0 aliphatic carbocycles. The minimum Gasteiger partial charge on any atom is -0.325 e. The molecule has 0 atom stereocenters. The number of hydrogen-bond donors (Lipinski definition) is 2. The van der Waals surface area contributed by atoms with Crippen molar-refractivity contribution in [2.24, 2.45) is 0 Å². The number of hydrogen-bond acceptors (Lipinski definition) is 5. The monoisotopic (exact) mass is 405 g/mol. The van der Waals surface area contributed by atoms with Gasteiger partial charge < -0.3 is 10.3 Å². The Morgan fingerprint density at radius 3 is 2.67 bits per heavy atom. The maximum atomic E-state index is 12.4. The largest absolute Gasteiger partial charge is 0.325 e. The number of nitrogens with one attached hydrogen (secondary N) is 2. The van der Waals surface area contributed by atoms with Gasteiger partial charge in [0.25, 0.3) is 5.56 Å². The van der Waals surface area contributed by atoms with E-state index in [0.717, 1.165) is 22.5 Å². The van der Waals surface area contributed by atoms with E-state index in [2.05, 4.69) is 43.0 Å². The van der Waals surface area contributed by atoms with Gasteiger partial charge in [0.15, 0.2) is 5.16 Å². The highest BCUT2D eigenvalue weighted by atomic mass is 32.2. The van der Waals surface area contributed by atoms with Gasteiger partial charge in [0.05, 0.1) is 11.4 Å². The Bertz CT molecular complexity index is 847. The van der Waals surface area contributed by atoms with Crippen molar-refractivity contribution in [3.8, 4) is 0 Å². The summed E-state index contributed by atoms with van der Waals surface area (Å²) in [5, 5.41) is 3.96. The number of aromatic amines is 1. The van der Waals surface area contributed by atoms with Crippen LogP contribution in [0.3, 0.4) is 0 Å². The van der Waals surface area contributed by atoms with E-state index in [4.69, 9.17) is 0 Å². The van der Waals surface area contributed by atoms with Crippen LogP contribution in [0.5, 0.6) is 0 Å². The van der Waals surface area contributed by atoms with E-state index in [9.17, 15) is 9.59 Å². The molecule has 0 aliphatic rings. The molecule has 2 N–H and O–H groups in total. The summed E-state index contributed by atoms with van der Waals surface area (Å²) in [5.41, 5.74) is 3.59. The highest BCUT2D eigenvalue weighted by Crippen LogP contribution is 2.27. The van der Waals surface area contributed by atoms with Gasteiger partial charge in [0, 0.05) is 17.5 Å². The first kappa shape index (κ1) is 21.6. The van der Waals surface area contributed by atoms with Crippen LogP contribution in [0.4, 0.5) is 5.69 Å². The summed E-state index contributed by atoms with van der Waals surface area (Å²) >= 11 is 2.97. The predicted octanol–water partition coefficient (Wildman–Crippen LogP) is 4.57. The molecule has 0 fully saturated rings. The van der Waals surface area contributed by atoms with Crippen molar-refractivity contribution < 1.29 is 4.79 Å². The van der Waals surface area contributed by atoms with E-state index in [1.54, 1.807) is 11.8 Å². The normalized spacial score (nSPS) is 11.2. The fraction of sp³-hybridized carbons (Fsp3) is 0.450. The first-order valence-electron chi connectivity index (χ1n) is 9.00. The molecule has 5 nitrogen and oxygen atoms in total. The lowest BCUT2D eigenvalue weighted by Gasteiger charge is -2.16. The van der Waals surface area contributed by atoms with Gasteiger partial charge in [0.1, 0.15) is 0 Å². The number of carbonyl (C=O) groups is 1. The van der Waals surface area contributed by atoms with Crippen LogP contribution < -0.4 is 10.9 Å². The lowest BCUT2D eigenvalue weighted by Crippen LogP contribution is -2.17. The van der Waals surface area contributed by atoms with E-state index in [1.165, 1.54) is 17.8 Å². The highest BCUT2D eigenvalue weighted by Gasteiger charge is 2.13. The summed E-state index contributed by atoms with van der Waals surface area (Å²) in [6.45, 7) is 10.4. The fourth-order valence-electron chi connectivity index (χ4n) is 2.53. The van der Waals surface area contributed by atoms with Crippen molar-refractivity contribution in [1.29, 1.82) is 0 Å². The Hall–Kier alpha value is -1.73. The molecule has 1 aromatic heterocycles. The number of nitrogens with zero attached hydrogens (tertiary/aromatic N) is 1. The summed E-state index contributed by atoms with van der Waals surface area (Å²) in [6.07, 6.45) is 0. The van der Waals surface area contributed by atoms with Gasteiger partial charge in [-0.3, -0.25) is 9.59 Å². The van der Waals surface area contributed by atoms with Crippen molar-refractivity contribution in [3.05, 3.63) is 51.4 Å². The zero-order valence-corrected chi connectivity index (χ0v) is 18.1. The number of thioether (sulfide) groups is 2. The van der Waals surface area contributed by atoms with E-state index < -0.39 is 0 Å². The first-order chi connectivity index (χ1) is 12.8. The van der Waals surface area contributed by atoms with Gasteiger partial charge in [-0.2, -0.15) is 11.8 Å². The Kier molecular flexibility index (Phi) is 7.98. The number of rotatable bonds is 8. The Labute approximate surface area is 169 Å². The molecule has 1 aromatic carbocycles. The third-order valence-electron chi connectivity index (χ3n) is 3.87. The number of H-pyrrole nitrogens is 1. The molecule has 2 aromatic rings. The average molecular weight is 406 g/mol. The maximum Gasteiger partial charge on any atom is 0.251 e. The number of aromatic nitrogens is 2. The van der Waals surface area contributed by atoms with Crippen LogP contribution in [0.15, 0.2) is 34.2 Å². The molecule has 0 saturated carbocycles. The van der Waals surface area contributed by atoms with Crippen molar-refractivity contribution in [2.45, 2.75) is 56.7 Å². The summed E-state index contributed by atoms with van der Waals surface area (Å²) in [6, 6.07) is 7.55. The molecule has 27 heavy (non-hydrogen) atoms. The van der Waals surface area contributed by atoms with Crippen molar-refractivity contribution in [3.63, 3.8) is 0 Å². The van der Waals surface area contributed by atoms with Crippen LogP contribution in [0.2, 0.25) is 0 Å². The molecule has 0 aliphatic heterocycles. The number of aryl methyl sites for hydroxylation is 1. The number of anilines is 1. The third-order valence-corrected chi connectivity index (χ3v) is 5.87. The van der Waals surface area contributed by atoms with Crippen LogP contribution in [0, 0.1) is 6.92 Å². The number of amides is 1. The van der Waals surface area contributed by atoms with E-state index in [-0.39, 0.29) is 17.2 Å². The van der Waals surface area contributed by atoms with Crippen LogP contribution in [0.25, 0.3) is 0 Å². The van der Waals surface area contributed by atoms with E-state index >= 15 is 0 Å². The van der Waals surface area contributed by atoms with E-state index in [1.807, 2.05) is 25.1 Å². The van der Waals surface area contributed by atoms with Gasteiger partial charge in [-0.15, -0.1) is 0 Å². The summed E-state index contributed by atoms with van der Waals surface area (Å²) in [4.78, 5) is 31.4. The number of benzene rings is 1. The molecule has 146 valence electrons.